The maximum Gasteiger partial charge on any atom is 0.270 e. The number of fused-ring (bicyclic) bond motifs is 1. The van der Waals surface area contributed by atoms with Gasteiger partial charge < -0.3 is 10.2 Å². The lowest BCUT2D eigenvalue weighted by Crippen LogP contribution is -2.44. The molecule has 2 aromatic carbocycles. The quantitative estimate of drug-likeness (QED) is 0.403. The van der Waals surface area contributed by atoms with Crippen LogP contribution in [0.2, 0.25) is 0 Å². The maximum atomic E-state index is 13.2. The Kier molecular flexibility index (Phi) is 6.38. The van der Waals surface area contributed by atoms with E-state index in [9.17, 15) is 14.0 Å². The second-order valence-corrected chi connectivity index (χ2v) is 10.0. The first-order valence-electron chi connectivity index (χ1n) is 11.8. The summed E-state index contributed by atoms with van der Waals surface area (Å²) in [5.41, 5.74) is 4.52. The Bertz CT molecular complexity index is 1410. The lowest BCUT2D eigenvalue weighted by Gasteiger charge is -2.33. The molecule has 4 aromatic rings. The van der Waals surface area contributed by atoms with E-state index in [0.717, 1.165) is 36.1 Å². The van der Waals surface area contributed by atoms with Gasteiger partial charge in [0.25, 0.3) is 5.56 Å². The number of halogens is 1. The number of carbonyl (C=O) groups is 1. The molecule has 1 aliphatic rings. The van der Waals surface area contributed by atoms with E-state index >= 15 is 0 Å². The molecule has 0 spiro atoms. The van der Waals surface area contributed by atoms with Crippen LogP contribution in [-0.4, -0.2) is 29.0 Å². The van der Waals surface area contributed by atoms with Crippen molar-refractivity contribution in [3.8, 4) is 11.1 Å². The molecule has 0 aliphatic carbocycles. The number of rotatable bonds is 5. The molecule has 5 rings (SSSR count). The number of piperidine rings is 1. The fourth-order valence-corrected chi connectivity index (χ4v) is 5.46. The summed E-state index contributed by atoms with van der Waals surface area (Å²) in [5, 5.41) is 5.03. The molecule has 8 heteroatoms. The molecule has 2 N–H and O–H groups in total. The molecule has 1 aliphatic heterocycles. The van der Waals surface area contributed by atoms with E-state index in [-0.39, 0.29) is 29.2 Å². The monoisotopic (exact) mass is 490 g/mol. The highest BCUT2D eigenvalue weighted by atomic mass is 32.1. The van der Waals surface area contributed by atoms with Crippen LogP contribution in [-0.2, 0) is 4.79 Å². The molecule has 2 aromatic heterocycles. The van der Waals surface area contributed by atoms with Crippen LogP contribution in [0.25, 0.3) is 21.3 Å². The summed E-state index contributed by atoms with van der Waals surface area (Å²) in [6, 6.07) is 14.1. The van der Waals surface area contributed by atoms with Gasteiger partial charge in [-0.15, -0.1) is 11.3 Å². The SMILES string of the molecule is Cc1ccc(-c2csc3c(=O)[nH]c(N4CCC[C@H](C(=O)N[C@@H](C)c5ccc(F)cc5)C4)nc23)cc1. The first kappa shape index (κ1) is 23.2. The number of carbonyl (C=O) groups excluding carboxylic acids is 1. The molecule has 0 bridgehead atoms. The van der Waals surface area contributed by atoms with Crippen molar-refractivity contribution in [1.82, 2.24) is 15.3 Å². The highest BCUT2D eigenvalue weighted by Gasteiger charge is 2.28. The van der Waals surface area contributed by atoms with Gasteiger partial charge in [-0.05, 0) is 49.9 Å². The van der Waals surface area contributed by atoms with Crippen molar-refractivity contribution in [3.63, 3.8) is 0 Å². The highest BCUT2D eigenvalue weighted by molar-refractivity contribution is 7.17. The summed E-state index contributed by atoms with van der Waals surface area (Å²) in [6.45, 7) is 5.12. The third-order valence-electron chi connectivity index (χ3n) is 6.60. The topological polar surface area (TPSA) is 78.1 Å². The minimum Gasteiger partial charge on any atom is -0.349 e. The molecule has 0 radical (unpaired) electrons. The predicted octanol–water partition coefficient (Wildman–Crippen LogP) is 5.19. The van der Waals surface area contributed by atoms with E-state index < -0.39 is 0 Å². The third-order valence-corrected chi connectivity index (χ3v) is 7.57. The second kappa shape index (κ2) is 9.62. The fourth-order valence-electron chi connectivity index (χ4n) is 4.55. The van der Waals surface area contributed by atoms with E-state index in [1.165, 1.54) is 29.0 Å². The summed E-state index contributed by atoms with van der Waals surface area (Å²) in [4.78, 5) is 35.7. The Morgan fingerprint density at radius 2 is 1.94 bits per heavy atom. The average Bonchev–Trinajstić information content (AvgIpc) is 3.29. The number of aryl methyl sites for hydroxylation is 1. The number of nitrogens with zero attached hydrogens (tertiary/aromatic N) is 2. The highest BCUT2D eigenvalue weighted by Crippen LogP contribution is 2.32. The summed E-state index contributed by atoms with van der Waals surface area (Å²) in [6.07, 6.45) is 1.58. The number of thiophene rings is 1. The summed E-state index contributed by atoms with van der Waals surface area (Å²) in [7, 11) is 0. The Morgan fingerprint density at radius 1 is 1.20 bits per heavy atom. The lowest BCUT2D eigenvalue weighted by molar-refractivity contribution is -0.125. The standard InChI is InChI=1S/C27H27FN4O2S/c1-16-5-7-19(8-6-16)22-15-35-24-23(22)30-27(31-26(24)34)32-13-3-4-20(14-32)25(33)29-17(2)18-9-11-21(28)12-10-18/h5-12,15,17,20H,3-4,13-14H2,1-2H3,(H,29,33)(H,30,31,34)/t17-,20-/m0/s1. The van der Waals surface area contributed by atoms with Crippen LogP contribution in [0.1, 0.15) is 36.9 Å². The number of H-pyrrole nitrogens is 1. The molecule has 180 valence electrons. The molecule has 2 atom stereocenters. The van der Waals surface area contributed by atoms with Gasteiger partial charge in [-0.2, -0.15) is 0 Å². The summed E-state index contributed by atoms with van der Waals surface area (Å²) >= 11 is 1.39. The summed E-state index contributed by atoms with van der Waals surface area (Å²) in [5.74, 6) is -0.0827. The lowest BCUT2D eigenvalue weighted by atomic mass is 9.96. The first-order valence-corrected chi connectivity index (χ1v) is 12.7. The van der Waals surface area contributed by atoms with Crippen molar-refractivity contribution in [3.05, 3.63) is 81.2 Å². The van der Waals surface area contributed by atoms with Crippen LogP contribution in [0.4, 0.5) is 10.3 Å². The van der Waals surface area contributed by atoms with Gasteiger partial charge in [0.2, 0.25) is 11.9 Å². The minimum absolute atomic E-state index is 0.0502. The van der Waals surface area contributed by atoms with Gasteiger partial charge in [0.1, 0.15) is 10.5 Å². The number of amides is 1. The van der Waals surface area contributed by atoms with Crippen molar-refractivity contribution in [2.45, 2.75) is 32.7 Å². The van der Waals surface area contributed by atoms with Crippen molar-refractivity contribution in [2.75, 3.05) is 18.0 Å². The molecular weight excluding hydrogens is 463 g/mol. The van der Waals surface area contributed by atoms with Crippen LogP contribution >= 0.6 is 11.3 Å². The fraction of sp³-hybridized carbons (Fsp3) is 0.296. The van der Waals surface area contributed by atoms with Crippen LogP contribution in [0.15, 0.2) is 58.7 Å². The normalized spacial score (nSPS) is 16.9. The zero-order chi connectivity index (χ0) is 24.5. The average molecular weight is 491 g/mol. The van der Waals surface area contributed by atoms with E-state index in [1.807, 2.05) is 48.4 Å². The predicted molar refractivity (Wildman–Crippen MR) is 138 cm³/mol. The number of anilines is 1. The molecule has 1 fully saturated rings. The van der Waals surface area contributed by atoms with Gasteiger partial charge in [-0.1, -0.05) is 42.0 Å². The molecule has 1 amide bonds. The molecule has 35 heavy (non-hydrogen) atoms. The number of benzene rings is 2. The molecule has 0 unspecified atom stereocenters. The Hall–Kier alpha value is -3.52. The van der Waals surface area contributed by atoms with Crippen LogP contribution in [0.5, 0.6) is 0 Å². The number of nitrogens with one attached hydrogen (secondary N) is 2. The van der Waals surface area contributed by atoms with E-state index in [0.29, 0.717) is 22.7 Å². The largest absolute Gasteiger partial charge is 0.349 e. The smallest absolute Gasteiger partial charge is 0.270 e. The summed E-state index contributed by atoms with van der Waals surface area (Å²) < 4.78 is 13.8. The van der Waals surface area contributed by atoms with Crippen LogP contribution in [0.3, 0.4) is 0 Å². The van der Waals surface area contributed by atoms with Crippen molar-refractivity contribution in [1.29, 1.82) is 0 Å². The minimum atomic E-state index is -0.301. The van der Waals surface area contributed by atoms with Gasteiger partial charge in [-0.25, -0.2) is 9.37 Å². The van der Waals surface area contributed by atoms with E-state index in [1.54, 1.807) is 12.1 Å². The van der Waals surface area contributed by atoms with Gasteiger partial charge in [0.05, 0.1) is 17.5 Å². The zero-order valence-electron chi connectivity index (χ0n) is 19.7. The van der Waals surface area contributed by atoms with E-state index in [4.69, 9.17) is 4.98 Å². The van der Waals surface area contributed by atoms with Crippen LogP contribution < -0.4 is 15.8 Å². The number of aromatic nitrogens is 2. The van der Waals surface area contributed by atoms with Gasteiger partial charge in [-0.3, -0.25) is 14.6 Å². The van der Waals surface area contributed by atoms with Crippen molar-refractivity contribution in [2.24, 2.45) is 5.92 Å². The van der Waals surface area contributed by atoms with Crippen molar-refractivity contribution < 1.29 is 9.18 Å². The maximum absolute atomic E-state index is 13.2. The van der Waals surface area contributed by atoms with Gasteiger partial charge in [0, 0.05) is 24.0 Å². The third kappa shape index (κ3) is 4.84. The molecule has 1 saturated heterocycles. The molecule has 0 saturated carbocycles. The zero-order valence-corrected chi connectivity index (χ0v) is 20.5. The molecule has 3 heterocycles. The second-order valence-electron chi connectivity index (χ2n) is 9.15. The van der Waals surface area contributed by atoms with Crippen LogP contribution in [0, 0.1) is 18.7 Å². The number of hydrogen-bond donors (Lipinski definition) is 2. The van der Waals surface area contributed by atoms with E-state index in [2.05, 4.69) is 10.3 Å². The first-order chi connectivity index (χ1) is 16.9. The number of hydrogen-bond acceptors (Lipinski definition) is 5. The van der Waals surface area contributed by atoms with Crippen molar-refractivity contribution >= 4 is 33.4 Å². The Balaban J connectivity index is 1.36. The van der Waals surface area contributed by atoms with Gasteiger partial charge in [0.15, 0.2) is 0 Å². The Labute approximate surface area is 206 Å². The molecule has 6 nitrogen and oxygen atoms in total. The number of aromatic amines is 1. The Morgan fingerprint density at radius 3 is 2.69 bits per heavy atom. The van der Waals surface area contributed by atoms with Gasteiger partial charge >= 0.3 is 0 Å². The molecular formula is C27H27FN4O2S.